The van der Waals surface area contributed by atoms with Gasteiger partial charge in [0.2, 0.25) is 5.95 Å². The van der Waals surface area contributed by atoms with Crippen LogP contribution >= 0.6 is 7.60 Å². The predicted molar refractivity (Wildman–Crippen MR) is 77.3 cm³/mol. The van der Waals surface area contributed by atoms with Crippen molar-refractivity contribution in [3.63, 3.8) is 0 Å². The van der Waals surface area contributed by atoms with E-state index in [0.717, 1.165) is 5.57 Å². The molecule has 2 aromatic heterocycles. The fourth-order valence-electron chi connectivity index (χ4n) is 2.64. The molecule has 0 fully saturated rings. The molecule has 3 N–H and O–H groups in total. The maximum absolute atomic E-state index is 11.8. The predicted octanol–water partition coefficient (Wildman–Crippen LogP) is -7.14. The number of nitrogens with zero attached hydrogens (tertiary/aromatic N) is 3. The van der Waals surface area contributed by atoms with Crippen molar-refractivity contribution in [3.8, 4) is 0 Å². The van der Waals surface area contributed by atoms with Crippen molar-refractivity contribution < 1.29 is 78.2 Å². The molecule has 1 aliphatic rings. The molecule has 0 bridgehead atoms. The number of allylic oxidation sites excluding steroid dienone is 1. The summed E-state index contributed by atoms with van der Waals surface area (Å²) in [5, 5.41) is 0. The second-order valence-electron chi connectivity index (χ2n) is 5.38. The first-order chi connectivity index (χ1) is 10.7. The van der Waals surface area contributed by atoms with E-state index >= 15 is 0 Å². The molecule has 0 aromatic carbocycles. The molecule has 0 aliphatic heterocycles. The number of H-pyrrole nitrogens is 1. The number of rotatable bonds is 4. The first kappa shape index (κ1) is 23.0. The molecule has 0 unspecified atom stereocenters. The average molecular weight is 385 g/mol. The third-order valence-corrected chi connectivity index (χ3v) is 4.13. The Labute approximate surface area is 187 Å². The fourth-order valence-corrected chi connectivity index (χ4v) is 3.01. The monoisotopic (exact) mass is 385 g/mol. The van der Waals surface area contributed by atoms with E-state index < -0.39 is 25.6 Å². The number of hydrogen-bond acceptors (Lipinski definition) is 8. The zero-order chi connectivity index (χ0) is 16.8. The molecule has 3 rings (SSSR count). The summed E-state index contributed by atoms with van der Waals surface area (Å²) in [7, 11) is -4.72. The molecule has 25 heavy (non-hydrogen) atoms. The second-order valence-corrected chi connectivity index (χ2v) is 6.86. The van der Waals surface area contributed by atoms with E-state index in [1.807, 2.05) is 6.08 Å². The average Bonchev–Trinajstić information content (AvgIpc) is 2.99. The van der Waals surface area contributed by atoms with Crippen LogP contribution in [0.3, 0.4) is 0 Å². The summed E-state index contributed by atoms with van der Waals surface area (Å²) in [6, 6.07) is -0.226. The maximum atomic E-state index is 11.8. The Kier molecular flexibility index (Phi) is 8.10. The van der Waals surface area contributed by atoms with Crippen LogP contribution in [0.25, 0.3) is 11.2 Å². The molecule has 0 saturated carbocycles. The fraction of sp³-hybridized carbons (Fsp3) is 0.417. The Bertz CT molecular complexity index is 892. The molecular formula is C12H14N5Na2O5P. The molecule has 0 amide bonds. The molecular weight excluding hydrogens is 371 g/mol. The maximum Gasteiger partial charge on any atom is 1.00 e. The van der Waals surface area contributed by atoms with Crippen LogP contribution in [0.5, 0.6) is 0 Å². The van der Waals surface area contributed by atoms with Crippen molar-refractivity contribution in [3.05, 3.63) is 28.3 Å². The number of anilines is 1. The van der Waals surface area contributed by atoms with Gasteiger partial charge in [-0.05, 0) is 20.1 Å². The Morgan fingerprint density at radius 1 is 1.48 bits per heavy atom. The number of ether oxygens (including phenoxy) is 1. The number of hydrogen-bond donors (Lipinski definition) is 2. The number of nitrogen functional groups attached to an aromatic ring is 1. The van der Waals surface area contributed by atoms with Crippen LogP contribution in [-0.2, 0) is 9.30 Å². The molecule has 13 heteroatoms. The number of imidazole rings is 1. The van der Waals surface area contributed by atoms with Crippen LogP contribution < -0.4 is 80.2 Å². The molecule has 1 aliphatic carbocycles. The van der Waals surface area contributed by atoms with Gasteiger partial charge in [0, 0.05) is 6.42 Å². The van der Waals surface area contributed by atoms with Crippen LogP contribution in [0.1, 0.15) is 19.4 Å². The minimum Gasteiger partial charge on any atom is -0.809 e. The van der Waals surface area contributed by atoms with Gasteiger partial charge in [0.1, 0.15) is 0 Å². The second kappa shape index (κ2) is 8.79. The molecule has 0 radical (unpaired) electrons. The Morgan fingerprint density at radius 3 is 2.80 bits per heavy atom. The Morgan fingerprint density at radius 2 is 2.16 bits per heavy atom. The summed E-state index contributed by atoms with van der Waals surface area (Å²) in [5.74, 6) is -0.0191. The van der Waals surface area contributed by atoms with Gasteiger partial charge in [-0.3, -0.25) is 9.78 Å². The molecule has 0 spiro atoms. The van der Waals surface area contributed by atoms with Crippen LogP contribution in [0.15, 0.2) is 22.8 Å². The van der Waals surface area contributed by atoms with E-state index in [0.29, 0.717) is 12.1 Å². The number of aromatic amines is 1. The standard InChI is InChI=1S/C12H16N5O5P.2Na/c1-6-2-7(3-8(6)22-5-23(19,20)21)17-4-14-9-10(17)15-12(13)16-11(9)18;;/h2,4,7-8H,3,5H2,1H3,(H2,19,20,21)(H3,13,15,16,18);;/q;2*+1/p-2/t7-,8-;;/m0../s1. The normalized spacial score (nSPS) is 20.0. The first-order valence-electron chi connectivity index (χ1n) is 6.78. The van der Waals surface area contributed by atoms with Gasteiger partial charge >= 0.3 is 59.1 Å². The largest absolute Gasteiger partial charge is 1.00 e. The minimum atomic E-state index is -4.72. The number of aromatic nitrogens is 4. The van der Waals surface area contributed by atoms with Gasteiger partial charge in [-0.25, -0.2) is 4.98 Å². The third kappa shape index (κ3) is 5.26. The summed E-state index contributed by atoms with van der Waals surface area (Å²) in [5.41, 5.74) is 6.41. The molecule has 0 saturated heterocycles. The minimum absolute atomic E-state index is 0. The van der Waals surface area contributed by atoms with Crippen LogP contribution in [0.4, 0.5) is 5.95 Å². The molecule has 2 heterocycles. The number of fused-ring (bicyclic) bond motifs is 1. The summed E-state index contributed by atoms with van der Waals surface area (Å²) in [4.78, 5) is 43.7. The van der Waals surface area contributed by atoms with E-state index in [1.54, 1.807) is 11.5 Å². The number of nitrogens with two attached hydrogens (primary N) is 1. The van der Waals surface area contributed by atoms with Gasteiger partial charge in [0.05, 0.1) is 24.8 Å². The van der Waals surface area contributed by atoms with E-state index in [2.05, 4.69) is 15.0 Å². The Hall–Kier alpha value is 0. The van der Waals surface area contributed by atoms with Gasteiger partial charge in [-0.1, -0.05) is 6.08 Å². The smallest absolute Gasteiger partial charge is 0.809 e. The number of nitrogens with one attached hydrogen (secondary N) is 1. The van der Waals surface area contributed by atoms with E-state index in [1.165, 1.54) is 6.33 Å². The van der Waals surface area contributed by atoms with Gasteiger partial charge < -0.3 is 29.4 Å². The zero-order valence-corrected chi connectivity index (χ0v) is 19.0. The molecule has 2 aromatic rings. The van der Waals surface area contributed by atoms with Crippen LogP contribution in [0.2, 0.25) is 0 Å². The van der Waals surface area contributed by atoms with E-state index in [-0.39, 0.29) is 76.6 Å². The van der Waals surface area contributed by atoms with Crippen molar-refractivity contribution >= 4 is 24.7 Å². The van der Waals surface area contributed by atoms with Crippen molar-refractivity contribution in [2.75, 3.05) is 12.1 Å². The summed E-state index contributed by atoms with van der Waals surface area (Å²) < 4.78 is 17.5. The summed E-state index contributed by atoms with van der Waals surface area (Å²) in [6.07, 6.45) is 2.38. The molecule has 10 nitrogen and oxygen atoms in total. The molecule has 124 valence electrons. The third-order valence-electron chi connectivity index (χ3n) is 3.66. The van der Waals surface area contributed by atoms with Crippen molar-refractivity contribution in [1.82, 2.24) is 19.5 Å². The van der Waals surface area contributed by atoms with E-state index in [9.17, 15) is 19.1 Å². The SMILES string of the molecule is CC1=C[C@H](n2cnc3c(=O)[nH]c(N)nc32)C[C@@H]1OCP(=O)([O-])[O-].[Na+].[Na+]. The summed E-state index contributed by atoms with van der Waals surface area (Å²) >= 11 is 0. The first-order valence-corrected chi connectivity index (χ1v) is 8.51. The summed E-state index contributed by atoms with van der Waals surface area (Å²) in [6.45, 7) is 1.78. The van der Waals surface area contributed by atoms with Gasteiger partial charge in [-0.15, -0.1) is 0 Å². The van der Waals surface area contributed by atoms with Crippen molar-refractivity contribution in [2.24, 2.45) is 0 Å². The van der Waals surface area contributed by atoms with Crippen molar-refractivity contribution in [1.29, 1.82) is 0 Å². The zero-order valence-electron chi connectivity index (χ0n) is 14.1. The van der Waals surface area contributed by atoms with Crippen LogP contribution in [-0.4, -0.2) is 32.0 Å². The quantitative estimate of drug-likeness (QED) is 0.298. The van der Waals surface area contributed by atoms with Gasteiger partial charge in [-0.2, -0.15) is 4.98 Å². The van der Waals surface area contributed by atoms with Crippen LogP contribution in [0, 0.1) is 0 Å². The molecule has 2 atom stereocenters. The van der Waals surface area contributed by atoms with E-state index in [4.69, 9.17) is 10.5 Å². The van der Waals surface area contributed by atoms with Gasteiger partial charge in [0.25, 0.3) is 5.56 Å². The van der Waals surface area contributed by atoms with Gasteiger partial charge in [0.15, 0.2) is 11.2 Å². The van der Waals surface area contributed by atoms with Crippen molar-refractivity contribution in [2.45, 2.75) is 25.5 Å². The Balaban J connectivity index is 0.00000156. The topological polar surface area (TPSA) is 162 Å².